The Hall–Kier alpha value is -2.71. The zero-order chi connectivity index (χ0) is 21.1. The van der Waals surface area contributed by atoms with Crippen LogP contribution in [0.2, 0.25) is 0 Å². The number of nitrogens with one attached hydrogen (secondary N) is 1. The van der Waals surface area contributed by atoms with Crippen molar-refractivity contribution >= 4 is 27.5 Å². The SMILES string of the molecule is COCCCNC(=O)Cn1c(=O)n(Cc2ccccc2)c(=O)c2c3c(sc21)CCC3. The Morgan fingerprint density at radius 2 is 1.97 bits per heavy atom. The van der Waals surface area contributed by atoms with Crippen LogP contribution in [-0.2, 0) is 35.5 Å². The van der Waals surface area contributed by atoms with Gasteiger partial charge in [0.1, 0.15) is 11.4 Å². The summed E-state index contributed by atoms with van der Waals surface area (Å²) in [7, 11) is 1.62. The van der Waals surface area contributed by atoms with Gasteiger partial charge in [-0.15, -0.1) is 11.3 Å². The van der Waals surface area contributed by atoms with Crippen molar-refractivity contribution in [3.8, 4) is 0 Å². The summed E-state index contributed by atoms with van der Waals surface area (Å²) >= 11 is 1.48. The van der Waals surface area contributed by atoms with Crippen LogP contribution >= 0.6 is 11.3 Å². The third-order valence-corrected chi connectivity index (χ3v) is 6.72. The van der Waals surface area contributed by atoms with Crippen LogP contribution in [0, 0.1) is 0 Å². The number of aryl methyl sites for hydroxylation is 2. The van der Waals surface area contributed by atoms with E-state index in [-0.39, 0.29) is 24.6 Å². The predicted molar refractivity (Wildman–Crippen MR) is 117 cm³/mol. The van der Waals surface area contributed by atoms with Gasteiger partial charge < -0.3 is 10.1 Å². The number of ether oxygens (including phenoxy) is 1. The molecule has 3 aromatic rings. The summed E-state index contributed by atoms with van der Waals surface area (Å²) < 4.78 is 7.73. The molecule has 0 aliphatic heterocycles. The zero-order valence-electron chi connectivity index (χ0n) is 17.0. The summed E-state index contributed by atoms with van der Waals surface area (Å²) in [6, 6.07) is 9.44. The minimum Gasteiger partial charge on any atom is -0.385 e. The van der Waals surface area contributed by atoms with Crippen LogP contribution in [0.3, 0.4) is 0 Å². The van der Waals surface area contributed by atoms with Crippen LogP contribution in [0.25, 0.3) is 10.2 Å². The number of amides is 1. The molecular weight excluding hydrogens is 402 g/mol. The van der Waals surface area contributed by atoms with E-state index in [9.17, 15) is 14.4 Å². The Bertz CT molecular complexity index is 1180. The van der Waals surface area contributed by atoms with Gasteiger partial charge in [0.05, 0.1) is 11.9 Å². The van der Waals surface area contributed by atoms with Crippen molar-refractivity contribution in [3.05, 3.63) is 67.2 Å². The van der Waals surface area contributed by atoms with Gasteiger partial charge in [-0.05, 0) is 36.8 Å². The summed E-state index contributed by atoms with van der Waals surface area (Å²) in [6.07, 6.45) is 3.49. The molecule has 0 unspecified atom stereocenters. The third-order valence-electron chi connectivity index (χ3n) is 5.40. The fraction of sp³-hybridized carbons (Fsp3) is 0.409. The molecule has 30 heavy (non-hydrogen) atoms. The first-order chi connectivity index (χ1) is 14.6. The minimum atomic E-state index is -0.441. The van der Waals surface area contributed by atoms with Crippen molar-refractivity contribution in [2.75, 3.05) is 20.3 Å². The average Bonchev–Trinajstić information content (AvgIpc) is 3.34. The number of hydrogen-bond donors (Lipinski definition) is 1. The van der Waals surface area contributed by atoms with E-state index in [1.807, 2.05) is 30.3 Å². The van der Waals surface area contributed by atoms with Gasteiger partial charge in [0.2, 0.25) is 5.91 Å². The number of thiophene rings is 1. The molecule has 1 N–H and O–H groups in total. The van der Waals surface area contributed by atoms with Gasteiger partial charge in [-0.2, -0.15) is 0 Å². The lowest BCUT2D eigenvalue weighted by Gasteiger charge is -2.13. The van der Waals surface area contributed by atoms with Gasteiger partial charge in [-0.1, -0.05) is 30.3 Å². The maximum atomic E-state index is 13.3. The molecule has 0 saturated heterocycles. The Labute approximate surface area is 177 Å². The lowest BCUT2D eigenvalue weighted by Crippen LogP contribution is -2.42. The number of aromatic nitrogens is 2. The molecule has 158 valence electrons. The summed E-state index contributed by atoms with van der Waals surface area (Å²) in [4.78, 5) is 40.9. The second-order valence-corrected chi connectivity index (χ2v) is 8.56. The smallest absolute Gasteiger partial charge is 0.332 e. The van der Waals surface area contributed by atoms with Crippen LogP contribution in [-0.4, -0.2) is 35.3 Å². The number of benzene rings is 1. The van der Waals surface area contributed by atoms with Crippen LogP contribution in [0.1, 0.15) is 28.8 Å². The molecule has 0 radical (unpaired) electrons. The first-order valence-corrected chi connectivity index (χ1v) is 11.0. The molecule has 1 aromatic carbocycles. The number of carbonyl (C=O) groups is 1. The van der Waals surface area contributed by atoms with Gasteiger partial charge in [0, 0.05) is 25.1 Å². The zero-order valence-corrected chi connectivity index (χ0v) is 17.8. The Morgan fingerprint density at radius 1 is 1.17 bits per heavy atom. The first kappa shape index (κ1) is 20.6. The van der Waals surface area contributed by atoms with E-state index < -0.39 is 5.69 Å². The van der Waals surface area contributed by atoms with Crippen LogP contribution < -0.4 is 16.6 Å². The summed E-state index contributed by atoms with van der Waals surface area (Å²) in [6.45, 7) is 1.13. The fourth-order valence-electron chi connectivity index (χ4n) is 3.94. The molecular formula is C22H25N3O4S. The highest BCUT2D eigenvalue weighted by molar-refractivity contribution is 7.19. The maximum absolute atomic E-state index is 13.3. The second kappa shape index (κ2) is 8.97. The Morgan fingerprint density at radius 3 is 2.73 bits per heavy atom. The number of fused-ring (bicyclic) bond motifs is 3. The van der Waals surface area contributed by atoms with Gasteiger partial charge >= 0.3 is 5.69 Å². The molecule has 7 nitrogen and oxygen atoms in total. The Balaban J connectivity index is 1.75. The highest BCUT2D eigenvalue weighted by atomic mass is 32.1. The van der Waals surface area contributed by atoms with Crippen molar-refractivity contribution in [2.24, 2.45) is 0 Å². The summed E-state index contributed by atoms with van der Waals surface area (Å²) in [5, 5.41) is 3.44. The normalized spacial score (nSPS) is 13.0. The standard InChI is InChI=1S/C22H25N3O4S/c1-29-12-6-11-23-18(26)14-25-21-19(16-9-5-10-17(16)30-21)20(27)24(22(25)28)13-15-7-3-2-4-8-15/h2-4,7-8H,5-6,9-14H2,1H3,(H,23,26). The molecule has 4 rings (SSSR count). The van der Waals surface area contributed by atoms with E-state index in [1.54, 1.807) is 7.11 Å². The van der Waals surface area contributed by atoms with Gasteiger partial charge in [-0.3, -0.25) is 18.7 Å². The highest BCUT2D eigenvalue weighted by Crippen LogP contribution is 2.35. The van der Waals surface area contributed by atoms with Crippen LogP contribution in [0.15, 0.2) is 39.9 Å². The lowest BCUT2D eigenvalue weighted by atomic mass is 10.2. The van der Waals surface area contributed by atoms with Crippen molar-refractivity contribution in [1.82, 2.24) is 14.5 Å². The topological polar surface area (TPSA) is 82.3 Å². The van der Waals surface area contributed by atoms with Crippen LogP contribution in [0.4, 0.5) is 0 Å². The monoisotopic (exact) mass is 427 g/mol. The largest absolute Gasteiger partial charge is 0.385 e. The number of hydrogen-bond acceptors (Lipinski definition) is 5. The van der Waals surface area contributed by atoms with E-state index in [4.69, 9.17) is 4.74 Å². The summed E-state index contributed by atoms with van der Waals surface area (Å²) in [5.41, 5.74) is 1.23. The molecule has 0 saturated carbocycles. The van der Waals surface area contributed by atoms with Gasteiger partial charge in [-0.25, -0.2) is 4.79 Å². The number of nitrogens with zero attached hydrogens (tertiary/aromatic N) is 2. The first-order valence-electron chi connectivity index (χ1n) is 10.2. The van der Waals surface area contributed by atoms with Crippen molar-refractivity contribution in [3.63, 3.8) is 0 Å². The molecule has 1 aliphatic rings. The predicted octanol–water partition coefficient (Wildman–Crippen LogP) is 1.91. The average molecular weight is 428 g/mol. The third kappa shape index (κ3) is 3.97. The molecule has 2 aromatic heterocycles. The van der Waals surface area contributed by atoms with E-state index in [0.717, 1.165) is 35.3 Å². The Kier molecular flexibility index (Phi) is 6.15. The molecule has 0 fully saturated rings. The second-order valence-electron chi connectivity index (χ2n) is 7.48. The van der Waals surface area contributed by atoms with E-state index in [0.29, 0.717) is 29.8 Å². The van der Waals surface area contributed by atoms with E-state index in [1.165, 1.54) is 20.5 Å². The van der Waals surface area contributed by atoms with E-state index >= 15 is 0 Å². The molecule has 1 amide bonds. The van der Waals surface area contributed by atoms with Crippen molar-refractivity contribution in [2.45, 2.75) is 38.8 Å². The highest BCUT2D eigenvalue weighted by Gasteiger charge is 2.25. The summed E-state index contributed by atoms with van der Waals surface area (Å²) in [5.74, 6) is -0.243. The van der Waals surface area contributed by atoms with E-state index in [2.05, 4.69) is 5.32 Å². The number of rotatable bonds is 8. The maximum Gasteiger partial charge on any atom is 0.332 e. The van der Waals surface area contributed by atoms with Crippen molar-refractivity contribution in [1.29, 1.82) is 0 Å². The number of carbonyl (C=O) groups excluding carboxylic acids is 1. The van der Waals surface area contributed by atoms with Crippen LogP contribution in [0.5, 0.6) is 0 Å². The number of methoxy groups -OCH3 is 1. The molecule has 1 aliphatic carbocycles. The molecule has 8 heteroatoms. The minimum absolute atomic E-state index is 0.100. The molecule has 0 atom stereocenters. The lowest BCUT2D eigenvalue weighted by molar-refractivity contribution is -0.121. The fourth-order valence-corrected chi connectivity index (χ4v) is 5.32. The van der Waals surface area contributed by atoms with Gasteiger partial charge in [0.15, 0.2) is 0 Å². The quantitative estimate of drug-likeness (QED) is 0.557. The molecule has 0 spiro atoms. The molecule has 0 bridgehead atoms. The van der Waals surface area contributed by atoms with Gasteiger partial charge in [0.25, 0.3) is 5.56 Å². The molecule has 2 heterocycles. The van der Waals surface area contributed by atoms with Crippen molar-refractivity contribution < 1.29 is 9.53 Å².